The van der Waals surface area contributed by atoms with Crippen LogP contribution in [0.25, 0.3) is 0 Å². The predicted octanol–water partition coefficient (Wildman–Crippen LogP) is 1.92. The molecule has 148 valence electrons. The smallest absolute Gasteiger partial charge is 0.254 e. The Morgan fingerprint density at radius 3 is 2.25 bits per heavy atom. The molecule has 0 saturated carbocycles. The van der Waals surface area contributed by atoms with Crippen LogP contribution in [0.5, 0.6) is 0 Å². The fraction of sp³-hybridized carbons (Fsp3) is 0.429. The monoisotopic (exact) mass is 382 g/mol. The van der Waals surface area contributed by atoms with Gasteiger partial charge in [0.2, 0.25) is 5.91 Å². The molecule has 28 heavy (non-hydrogen) atoms. The lowest BCUT2D eigenvalue weighted by Gasteiger charge is -2.36. The van der Waals surface area contributed by atoms with E-state index in [0.717, 1.165) is 11.4 Å². The maximum atomic E-state index is 12.6. The summed E-state index contributed by atoms with van der Waals surface area (Å²) in [7, 11) is 0. The quantitative estimate of drug-likeness (QED) is 0.739. The Morgan fingerprint density at radius 2 is 1.71 bits per heavy atom. The zero-order chi connectivity index (χ0) is 20.3. The molecule has 1 aromatic heterocycles. The first-order valence-corrected chi connectivity index (χ1v) is 9.55. The number of nitrogens with zero attached hydrogens (tertiary/aromatic N) is 4. The molecular formula is C21H26N4O3. The summed E-state index contributed by atoms with van der Waals surface area (Å²) in [6.07, 6.45) is 1.46. The molecule has 0 N–H and O–H groups in total. The van der Waals surface area contributed by atoms with E-state index in [1.807, 2.05) is 38.1 Å². The molecule has 0 bridgehead atoms. The summed E-state index contributed by atoms with van der Waals surface area (Å²) in [5.41, 5.74) is 2.27. The van der Waals surface area contributed by atoms with Crippen molar-refractivity contribution in [3.63, 3.8) is 0 Å². The Bertz CT molecular complexity index is 910. The van der Waals surface area contributed by atoms with Gasteiger partial charge in [0, 0.05) is 43.5 Å². The Hall–Kier alpha value is -2.96. The highest BCUT2D eigenvalue weighted by molar-refractivity contribution is 5.94. The number of Topliss-reactive ketones (excluding diaryl/α,β-unsaturated/α-hetero) is 1. The molecule has 2 aromatic rings. The number of hydrogen-bond acceptors (Lipinski definition) is 5. The highest BCUT2D eigenvalue weighted by Gasteiger charge is 2.22. The SMILES string of the molecule is CC(=O)c1ccc(N2CCN(C(=O)Cn3cnc(C(C)C)cc3=O)CC2)cc1. The molecule has 3 rings (SSSR count). The molecule has 7 heteroatoms. The van der Waals surface area contributed by atoms with E-state index in [-0.39, 0.29) is 29.7 Å². The standard InChI is InChI=1S/C21H26N4O3/c1-15(2)19-12-20(27)25(14-22-19)13-21(28)24-10-8-23(9-11-24)18-6-4-17(5-7-18)16(3)26/h4-7,12,14-15H,8-11,13H2,1-3H3. The number of aromatic nitrogens is 2. The van der Waals surface area contributed by atoms with Crippen molar-refractivity contribution in [3.8, 4) is 0 Å². The first-order valence-electron chi connectivity index (χ1n) is 9.55. The van der Waals surface area contributed by atoms with Gasteiger partial charge >= 0.3 is 0 Å². The van der Waals surface area contributed by atoms with E-state index in [1.54, 1.807) is 11.8 Å². The zero-order valence-corrected chi connectivity index (χ0v) is 16.6. The number of benzene rings is 1. The summed E-state index contributed by atoms with van der Waals surface area (Å²) < 4.78 is 1.36. The van der Waals surface area contributed by atoms with Crippen molar-refractivity contribution in [2.75, 3.05) is 31.1 Å². The van der Waals surface area contributed by atoms with Crippen LogP contribution < -0.4 is 10.5 Å². The van der Waals surface area contributed by atoms with Crippen LogP contribution >= 0.6 is 0 Å². The summed E-state index contributed by atoms with van der Waals surface area (Å²) in [6, 6.07) is 9.04. The number of piperazine rings is 1. The summed E-state index contributed by atoms with van der Waals surface area (Å²) in [5, 5.41) is 0. The summed E-state index contributed by atoms with van der Waals surface area (Å²) in [4.78, 5) is 44.4. The van der Waals surface area contributed by atoms with Crippen molar-refractivity contribution < 1.29 is 9.59 Å². The Morgan fingerprint density at radius 1 is 1.07 bits per heavy atom. The fourth-order valence-electron chi connectivity index (χ4n) is 3.24. The third-order valence-electron chi connectivity index (χ3n) is 5.07. The van der Waals surface area contributed by atoms with Gasteiger partial charge < -0.3 is 9.80 Å². The zero-order valence-electron chi connectivity index (χ0n) is 16.6. The summed E-state index contributed by atoms with van der Waals surface area (Å²) in [6.45, 7) is 8.14. The maximum absolute atomic E-state index is 12.6. The van der Waals surface area contributed by atoms with Crippen molar-refractivity contribution in [2.45, 2.75) is 33.2 Å². The van der Waals surface area contributed by atoms with Crippen LogP contribution in [-0.4, -0.2) is 52.3 Å². The topological polar surface area (TPSA) is 75.5 Å². The van der Waals surface area contributed by atoms with Crippen LogP contribution in [0, 0.1) is 0 Å². The van der Waals surface area contributed by atoms with E-state index < -0.39 is 0 Å². The largest absolute Gasteiger partial charge is 0.368 e. The number of carbonyl (C=O) groups is 2. The van der Waals surface area contributed by atoms with E-state index in [9.17, 15) is 14.4 Å². The number of anilines is 1. The molecule has 0 unspecified atom stereocenters. The van der Waals surface area contributed by atoms with Gasteiger partial charge in [-0.3, -0.25) is 19.0 Å². The van der Waals surface area contributed by atoms with Gasteiger partial charge in [0.1, 0.15) is 6.54 Å². The number of carbonyl (C=O) groups excluding carboxylic acids is 2. The van der Waals surface area contributed by atoms with Crippen LogP contribution in [0.1, 0.15) is 42.7 Å². The van der Waals surface area contributed by atoms with E-state index in [2.05, 4.69) is 9.88 Å². The predicted molar refractivity (Wildman–Crippen MR) is 108 cm³/mol. The van der Waals surface area contributed by atoms with Crippen molar-refractivity contribution in [1.82, 2.24) is 14.5 Å². The molecule has 0 atom stereocenters. The molecule has 0 radical (unpaired) electrons. The Balaban J connectivity index is 1.58. The van der Waals surface area contributed by atoms with Gasteiger partial charge in [-0.2, -0.15) is 0 Å². The maximum Gasteiger partial charge on any atom is 0.254 e. The van der Waals surface area contributed by atoms with Crippen LogP contribution in [0.3, 0.4) is 0 Å². The molecule has 1 fully saturated rings. The normalized spacial score (nSPS) is 14.4. The Labute approximate surface area is 164 Å². The number of rotatable bonds is 5. The summed E-state index contributed by atoms with van der Waals surface area (Å²) >= 11 is 0. The number of ketones is 1. The average Bonchev–Trinajstić information content (AvgIpc) is 2.69. The van der Waals surface area contributed by atoms with Crippen molar-refractivity contribution >= 4 is 17.4 Å². The second-order valence-electron chi connectivity index (χ2n) is 7.41. The van der Waals surface area contributed by atoms with E-state index in [4.69, 9.17) is 0 Å². The minimum atomic E-state index is -0.198. The second kappa shape index (κ2) is 8.37. The third kappa shape index (κ3) is 4.47. The lowest BCUT2D eigenvalue weighted by atomic mass is 10.1. The third-order valence-corrected chi connectivity index (χ3v) is 5.07. The lowest BCUT2D eigenvalue weighted by molar-refractivity contribution is -0.132. The lowest BCUT2D eigenvalue weighted by Crippen LogP contribution is -2.50. The highest BCUT2D eigenvalue weighted by Crippen LogP contribution is 2.18. The van der Waals surface area contributed by atoms with Crippen molar-refractivity contribution in [1.29, 1.82) is 0 Å². The van der Waals surface area contributed by atoms with Crippen LogP contribution in [0.2, 0.25) is 0 Å². The van der Waals surface area contributed by atoms with Crippen molar-refractivity contribution in [2.24, 2.45) is 0 Å². The van der Waals surface area contributed by atoms with Crippen LogP contribution in [0.15, 0.2) is 41.5 Å². The molecule has 7 nitrogen and oxygen atoms in total. The van der Waals surface area contributed by atoms with E-state index in [1.165, 1.54) is 17.0 Å². The molecule has 2 heterocycles. The average molecular weight is 382 g/mol. The van der Waals surface area contributed by atoms with Gasteiger partial charge in [0.05, 0.1) is 12.0 Å². The van der Waals surface area contributed by atoms with Gasteiger partial charge in [-0.15, -0.1) is 0 Å². The molecule has 1 aromatic carbocycles. The molecule has 1 aliphatic rings. The number of hydrogen-bond donors (Lipinski definition) is 0. The number of amides is 1. The second-order valence-corrected chi connectivity index (χ2v) is 7.41. The molecule has 1 amide bonds. The van der Waals surface area contributed by atoms with Gasteiger partial charge in [-0.05, 0) is 37.1 Å². The van der Waals surface area contributed by atoms with Gasteiger partial charge in [0.25, 0.3) is 5.56 Å². The van der Waals surface area contributed by atoms with Gasteiger partial charge in [-0.25, -0.2) is 4.98 Å². The minimum absolute atomic E-state index is 0.0114. The molecular weight excluding hydrogens is 356 g/mol. The first kappa shape index (κ1) is 19.8. The highest BCUT2D eigenvalue weighted by atomic mass is 16.2. The van der Waals surface area contributed by atoms with Crippen LogP contribution in [0.4, 0.5) is 5.69 Å². The molecule has 1 saturated heterocycles. The first-order chi connectivity index (χ1) is 13.3. The van der Waals surface area contributed by atoms with Crippen LogP contribution in [-0.2, 0) is 11.3 Å². The minimum Gasteiger partial charge on any atom is -0.368 e. The fourth-order valence-corrected chi connectivity index (χ4v) is 3.24. The Kier molecular flexibility index (Phi) is 5.92. The van der Waals surface area contributed by atoms with Crippen molar-refractivity contribution in [3.05, 3.63) is 58.3 Å². The van der Waals surface area contributed by atoms with Gasteiger partial charge in [-0.1, -0.05) is 13.8 Å². The van der Waals surface area contributed by atoms with E-state index in [0.29, 0.717) is 31.7 Å². The van der Waals surface area contributed by atoms with E-state index >= 15 is 0 Å². The summed E-state index contributed by atoms with van der Waals surface area (Å²) in [5.74, 6) is 0.150. The molecule has 1 aliphatic heterocycles. The molecule has 0 spiro atoms. The molecule has 0 aliphatic carbocycles. The van der Waals surface area contributed by atoms with Gasteiger partial charge in [0.15, 0.2) is 5.78 Å².